The van der Waals surface area contributed by atoms with Gasteiger partial charge in [-0.15, -0.1) is 0 Å². The highest BCUT2D eigenvalue weighted by molar-refractivity contribution is 5.87. The maximum atomic E-state index is 11.9. The fourth-order valence-corrected chi connectivity index (χ4v) is 2.38. The van der Waals surface area contributed by atoms with Crippen LogP contribution in [-0.2, 0) is 16.5 Å². The number of carbonyl (C=O) groups excluding carboxylic acids is 1. The Morgan fingerprint density at radius 1 is 1.60 bits per heavy atom. The van der Waals surface area contributed by atoms with E-state index >= 15 is 0 Å². The van der Waals surface area contributed by atoms with Crippen LogP contribution in [0.15, 0.2) is 12.3 Å². The van der Waals surface area contributed by atoms with Gasteiger partial charge in [0.15, 0.2) is 0 Å². The van der Waals surface area contributed by atoms with Crippen molar-refractivity contribution < 1.29 is 14.3 Å². The molecule has 0 spiro atoms. The van der Waals surface area contributed by atoms with Gasteiger partial charge < -0.3 is 9.47 Å². The number of hydrogen-bond donors (Lipinski definition) is 0. The highest BCUT2D eigenvalue weighted by atomic mass is 16.6. The molecule has 1 aromatic rings. The topological polar surface area (TPSA) is 56.6 Å². The third kappa shape index (κ3) is 4.05. The summed E-state index contributed by atoms with van der Waals surface area (Å²) in [5.41, 5.74) is 0.458. The van der Waals surface area contributed by atoms with Crippen molar-refractivity contribution in [3.63, 3.8) is 0 Å². The fraction of sp³-hybridized carbons (Fsp3) is 0.714. The van der Waals surface area contributed by atoms with Gasteiger partial charge in [0, 0.05) is 32.9 Å². The Morgan fingerprint density at radius 2 is 2.40 bits per heavy atom. The normalized spacial score (nSPS) is 20.3. The van der Waals surface area contributed by atoms with Crippen molar-refractivity contribution in [2.45, 2.75) is 20.0 Å². The molecule has 1 aromatic heterocycles. The van der Waals surface area contributed by atoms with Crippen LogP contribution in [0.5, 0.6) is 0 Å². The lowest BCUT2D eigenvalue weighted by Gasteiger charge is -2.33. The molecule has 112 valence electrons. The van der Waals surface area contributed by atoms with Gasteiger partial charge in [-0.05, 0) is 12.0 Å². The lowest BCUT2D eigenvalue weighted by Crippen LogP contribution is -2.45. The molecule has 0 aromatic carbocycles. The molecule has 1 aliphatic heterocycles. The zero-order valence-corrected chi connectivity index (χ0v) is 12.4. The molecule has 2 rings (SSSR count). The third-order valence-electron chi connectivity index (χ3n) is 3.28. The van der Waals surface area contributed by atoms with Crippen molar-refractivity contribution in [1.82, 2.24) is 14.7 Å². The van der Waals surface area contributed by atoms with Crippen LogP contribution < -0.4 is 0 Å². The molecule has 20 heavy (non-hydrogen) atoms. The van der Waals surface area contributed by atoms with E-state index < -0.39 is 0 Å². The van der Waals surface area contributed by atoms with E-state index in [1.807, 2.05) is 0 Å². The molecule has 1 fully saturated rings. The second-order valence-corrected chi connectivity index (χ2v) is 5.58. The summed E-state index contributed by atoms with van der Waals surface area (Å²) >= 11 is 0. The van der Waals surface area contributed by atoms with E-state index in [1.54, 1.807) is 19.3 Å². The minimum Gasteiger partial charge on any atom is -0.458 e. The van der Waals surface area contributed by atoms with Crippen molar-refractivity contribution in [2.75, 3.05) is 32.8 Å². The number of nitrogens with zero attached hydrogens (tertiary/aromatic N) is 3. The first-order chi connectivity index (χ1) is 9.56. The maximum absolute atomic E-state index is 11.9. The van der Waals surface area contributed by atoms with Crippen molar-refractivity contribution in [2.24, 2.45) is 13.0 Å². The van der Waals surface area contributed by atoms with E-state index in [-0.39, 0.29) is 12.1 Å². The molecular formula is C14H23N3O3. The predicted octanol–water partition coefficient (Wildman–Crippen LogP) is 0.934. The summed E-state index contributed by atoms with van der Waals surface area (Å²) < 4.78 is 12.5. The Bertz CT molecular complexity index is 445. The zero-order valence-electron chi connectivity index (χ0n) is 12.4. The SMILES string of the molecule is CC(C)CN1CCO[C@@H](COC(=O)c2ccnn2C)C1. The highest BCUT2D eigenvalue weighted by Gasteiger charge is 2.23. The first kappa shape index (κ1) is 15.0. The molecule has 0 saturated carbocycles. The van der Waals surface area contributed by atoms with E-state index in [0.717, 1.165) is 19.6 Å². The van der Waals surface area contributed by atoms with Crippen LogP contribution in [-0.4, -0.2) is 59.6 Å². The summed E-state index contributed by atoms with van der Waals surface area (Å²) in [6.45, 7) is 8.20. The highest BCUT2D eigenvalue weighted by Crippen LogP contribution is 2.09. The van der Waals surface area contributed by atoms with Gasteiger partial charge >= 0.3 is 5.97 Å². The van der Waals surface area contributed by atoms with Crippen LogP contribution in [0, 0.1) is 5.92 Å². The summed E-state index contributed by atoms with van der Waals surface area (Å²) in [6, 6.07) is 1.65. The molecule has 0 unspecified atom stereocenters. The molecular weight excluding hydrogens is 258 g/mol. The Hall–Kier alpha value is -1.40. The van der Waals surface area contributed by atoms with Gasteiger partial charge in [0.2, 0.25) is 0 Å². The van der Waals surface area contributed by atoms with Crippen LogP contribution in [0.2, 0.25) is 0 Å². The number of rotatable bonds is 5. The van der Waals surface area contributed by atoms with E-state index in [0.29, 0.717) is 24.8 Å². The van der Waals surface area contributed by atoms with Crippen LogP contribution in [0.3, 0.4) is 0 Å². The molecule has 0 N–H and O–H groups in total. The van der Waals surface area contributed by atoms with Gasteiger partial charge in [0.25, 0.3) is 0 Å². The summed E-state index contributed by atoms with van der Waals surface area (Å²) in [5, 5.41) is 3.95. The lowest BCUT2D eigenvalue weighted by molar-refractivity contribution is -0.0614. The number of hydrogen-bond acceptors (Lipinski definition) is 5. The van der Waals surface area contributed by atoms with Gasteiger partial charge in [-0.1, -0.05) is 13.8 Å². The molecule has 2 heterocycles. The number of aromatic nitrogens is 2. The Morgan fingerprint density at radius 3 is 3.05 bits per heavy atom. The van der Waals surface area contributed by atoms with Gasteiger partial charge in [-0.25, -0.2) is 4.79 Å². The Kier molecular flexibility index (Phi) is 5.14. The monoisotopic (exact) mass is 281 g/mol. The van der Waals surface area contributed by atoms with Crippen LogP contribution in [0.1, 0.15) is 24.3 Å². The zero-order chi connectivity index (χ0) is 14.5. The summed E-state index contributed by atoms with van der Waals surface area (Å²) in [7, 11) is 1.72. The number of esters is 1. The Balaban J connectivity index is 1.79. The van der Waals surface area contributed by atoms with Gasteiger partial charge in [-0.2, -0.15) is 5.10 Å². The smallest absolute Gasteiger partial charge is 0.356 e. The molecule has 0 amide bonds. The van der Waals surface area contributed by atoms with Crippen LogP contribution >= 0.6 is 0 Å². The molecule has 0 radical (unpaired) electrons. The minimum absolute atomic E-state index is 0.0420. The molecule has 0 aliphatic carbocycles. The van der Waals surface area contributed by atoms with Crippen molar-refractivity contribution in [3.05, 3.63) is 18.0 Å². The van der Waals surface area contributed by atoms with Gasteiger partial charge in [0.1, 0.15) is 18.4 Å². The van der Waals surface area contributed by atoms with E-state index in [2.05, 4.69) is 23.8 Å². The molecule has 1 atom stereocenters. The number of carbonyl (C=O) groups is 1. The van der Waals surface area contributed by atoms with Crippen molar-refractivity contribution in [1.29, 1.82) is 0 Å². The van der Waals surface area contributed by atoms with E-state index in [1.165, 1.54) is 4.68 Å². The summed E-state index contributed by atoms with van der Waals surface area (Å²) in [5.74, 6) is 0.278. The second kappa shape index (κ2) is 6.85. The van der Waals surface area contributed by atoms with Crippen molar-refractivity contribution in [3.8, 4) is 0 Å². The Labute approximate surface area is 119 Å². The molecule has 1 saturated heterocycles. The van der Waals surface area contributed by atoms with Gasteiger partial charge in [-0.3, -0.25) is 9.58 Å². The number of aryl methyl sites for hydroxylation is 1. The number of morpholine rings is 1. The maximum Gasteiger partial charge on any atom is 0.356 e. The largest absolute Gasteiger partial charge is 0.458 e. The average molecular weight is 281 g/mol. The molecule has 0 bridgehead atoms. The average Bonchev–Trinajstić information content (AvgIpc) is 2.82. The summed E-state index contributed by atoms with van der Waals surface area (Å²) in [4.78, 5) is 14.2. The van der Waals surface area contributed by atoms with Gasteiger partial charge in [0.05, 0.1) is 6.61 Å². The second-order valence-electron chi connectivity index (χ2n) is 5.58. The first-order valence-electron chi connectivity index (χ1n) is 7.05. The van der Waals surface area contributed by atoms with Crippen LogP contribution in [0.25, 0.3) is 0 Å². The lowest BCUT2D eigenvalue weighted by atomic mass is 10.2. The standard InChI is InChI=1S/C14H23N3O3/c1-11(2)8-17-6-7-19-12(9-17)10-20-14(18)13-4-5-15-16(13)3/h4-5,11-12H,6-10H2,1-3H3/t12-/m1/s1. The molecule has 6 heteroatoms. The number of ether oxygens (including phenoxy) is 2. The van der Waals surface area contributed by atoms with E-state index in [9.17, 15) is 4.79 Å². The van der Waals surface area contributed by atoms with Crippen molar-refractivity contribution >= 4 is 5.97 Å². The predicted molar refractivity (Wildman–Crippen MR) is 74.5 cm³/mol. The van der Waals surface area contributed by atoms with Crippen LogP contribution in [0.4, 0.5) is 0 Å². The summed E-state index contributed by atoms with van der Waals surface area (Å²) in [6.07, 6.45) is 1.54. The third-order valence-corrected chi connectivity index (χ3v) is 3.28. The first-order valence-corrected chi connectivity index (χ1v) is 7.05. The molecule has 1 aliphatic rings. The fourth-order valence-electron chi connectivity index (χ4n) is 2.38. The van der Waals surface area contributed by atoms with E-state index in [4.69, 9.17) is 9.47 Å². The minimum atomic E-state index is -0.352. The molecule has 6 nitrogen and oxygen atoms in total. The quantitative estimate of drug-likeness (QED) is 0.752.